The molecule has 6 heteroatoms. The van der Waals surface area contributed by atoms with E-state index in [0.29, 0.717) is 11.6 Å². The number of carbonyl (C=O) groups is 1. The number of para-hydroxylation sites is 1. The predicted molar refractivity (Wildman–Crippen MR) is 116 cm³/mol. The molecule has 4 rings (SSSR count). The van der Waals surface area contributed by atoms with Gasteiger partial charge < -0.3 is 5.32 Å². The van der Waals surface area contributed by atoms with E-state index in [9.17, 15) is 4.79 Å². The van der Waals surface area contributed by atoms with Crippen LogP contribution in [-0.4, -0.2) is 20.7 Å². The number of anilines is 1. The standard InChI is InChI=1S/C23H20N4OS/c1-17-24-23(18-10-4-2-5-11-18)27(26-17)16-22(28)25-20-14-8-9-15-21(20)29-19-12-6-3-7-13-19/h2-15H,16H2,1H3,(H,25,28). The average Bonchev–Trinajstić information content (AvgIpc) is 3.11. The minimum Gasteiger partial charge on any atom is -0.323 e. The zero-order valence-electron chi connectivity index (χ0n) is 15.9. The molecule has 0 aliphatic rings. The number of amides is 1. The van der Waals surface area contributed by atoms with Crippen LogP contribution in [0.3, 0.4) is 0 Å². The van der Waals surface area contributed by atoms with E-state index in [4.69, 9.17) is 0 Å². The highest BCUT2D eigenvalue weighted by Gasteiger charge is 2.14. The first-order chi connectivity index (χ1) is 14.2. The van der Waals surface area contributed by atoms with Crippen LogP contribution in [0.15, 0.2) is 94.7 Å². The van der Waals surface area contributed by atoms with Gasteiger partial charge in [-0.1, -0.05) is 72.4 Å². The quantitative estimate of drug-likeness (QED) is 0.492. The Morgan fingerprint density at radius 3 is 2.34 bits per heavy atom. The van der Waals surface area contributed by atoms with Crippen LogP contribution in [-0.2, 0) is 11.3 Å². The van der Waals surface area contributed by atoms with Gasteiger partial charge in [-0.15, -0.1) is 0 Å². The summed E-state index contributed by atoms with van der Waals surface area (Å²) in [4.78, 5) is 19.4. The Morgan fingerprint density at radius 2 is 1.59 bits per heavy atom. The third kappa shape index (κ3) is 4.73. The second-order valence-corrected chi connectivity index (χ2v) is 7.58. The molecule has 0 unspecified atom stereocenters. The van der Waals surface area contributed by atoms with Crippen LogP contribution in [0.4, 0.5) is 5.69 Å². The summed E-state index contributed by atoms with van der Waals surface area (Å²) in [5.74, 6) is 1.18. The van der Waals surface area contributed by atoms with Gasteiger partial charge in [0.05, 0.1) is 5.69 Å². The van der Waals surface area contributed by atoms with Crippen molar-refractivity contribution in [3.63, 3.8) is 0 Å². The third-order valence-electron chi connectivity index (χ3n) is 4.24. The molecule has 0 spiro atoms. The number of aryl methyl sites for hydroxylation is 1. The van der Waals surface area contributed by atoms with Crippen molar-refractivity contribution in [1.29, 1.82) is 0 Å². The molecule has 29 heavy (non-hydrogen) atoms. The summed E-state index contributed by atoms with van der Waals surface area (Å²) in [6, 6.07) is 27.7. The molecule has 0 saturated heterocycles. The van der Waals surface area contributed by atoms with E-state index < -0.39 is 0 Å². The van der Waals surface area contributed by atoms with Crippen molar-refractivity contribution in [1.82, 2.24) is 14.8 Å². The van der Waals surface area contributed by atoms with E-state index in [-0.39, 0.29) is 12.5 Å². The molecule has 1 aromatic heterocycles. The average molecular weight is 401 g/mol. The van der Waals surface area contributed by atoms with Crippen LogP contribution < -0.4 is 5.32 Å². The first-order valence-corrected chi connectivity index (χ1v) is 10.1. The zero-order valence-corrected chi connectivity index (χ0v) is 16.8. The van der Waals surface area contributed by atoms with E-state index in [1.54, 1.807) is 16.4 Å². The predicted octanol–water partition coefficient (Wildman–Crippen LogP) is 5.04. The lowest BCUT2D eigenvalue weighted by Crippen LogP contribution is -2.20. The zero-order chi connectivity index (χ0) is 20.1. The largest absolute Gasteiger partial charge is 0.323 e. The third-order valence-corrected chi connectivity index (χ3v) is 5.32. The molecule has 0 aliphatic heterocycles. The number of nitrogens with one attached hydrogen (secondary N) is 1. The molecule has 0 atom stereocenters. The summed E-state index contributed by atoms with van der Waals surface area (Å²) < 4.78 is 1.65. The van der Waals surface area contributed by atoms with Crippen molar-refractivity contribution < 1.29 is 4.79 Å². The molecule has 1 N–H and O–H groups in total. The van der Waals surface area contributed by atoms with Crippen LogP contribution in [0.2, 0.25) is 0 Å². The van der Waals surface area contributed by atoms with Crippen LogP contribution in [0.5, 0.6) is 0 Å². The topological polar surface area (TPSA) is 59.8 Å². The molecule has 0 fully saturated rings. The maximum Gasteiger partial charge on any atom is 0.246 e. The minimum atomic E-state index is -0.145. The fraction of sp³-hybridized carbons (Fsp3) is 0.0870. The van der Waals surface area contributed by atoms with Gasteiger partial charge in [-0.25, -0.2) is 9.67 Å². The number of carbonyl (C=O) groups excluding carboxylic acids is 1. The van der Waals surface area contributed by atoms with Gasteiger partial charge in [-0.3, -0.25) is 4.79 Å². The Bertz CT molecular complexity index is 1110. The van der Waals surface area contributed by atoms with Crippen molar-refractivity contribution in [2.75, 3.05) is 5.32 Å². The highest BCUT2D eigenvalue weighted by atomic mass is 32.2. The molecular formula is C23H20N4OS. The fourth-order valence-electron chi connectivity index (χ4n) is 2.97. The smallest absolute Gasteiger partial charge is 0.246 e. The monoisotopic (exact) mass is 400 g/mol. The molecule has 3 aromatic carbocycles. The van der Waals surface area contributed by atoms with Gasteiger partial charge in [0.25, 0.3) is 0 Å². The highest BCUT2D eigenvalue weighted by molar-refractivity contribution is 7.99. The molecule has 0 saturated carbocycles. The summed E-state index contributed by atoms with van der Waals surface area (Å²) in [5, 5.41) is 7.42. The van der Waals surface area contributed by atoms with E-state index in [0.717, 1.165) is 21.0 Å². The van der Waals surface area contributed by atoms with Crippen molar-refractivity contribution in [3.8, 4) is 11.4 Å². The number of rotatable bonds is 6. The lowest BCUT2D eigenvalue weighted by atomic mass is 10.2. The van der Waals surface area contributed by atoms with Crippen LogP contribution in [0, 0.1) is 6.92 Å². The number of hydrogen-bond donors (Lipinski definition) is 1. The van der Waals surface area contributed by atoms with Crippen molar-refractivity contribution in [3.05, 3.63) is 90.8 Å². The normalized spacial score (nSPS) is 10.7. The van der Waals surface area contributed by atoms with E-state index >= 15 is 0 Å². The van der Waals surface area contributed by atoms with Crippen LogP contribution in [0.1, 0.15) is 5.82 Å². The fourth-order valence-corrected chi connectivity index (χ4v) is 3.89. The summed E-state index contributed by atoms with van der Waals surface area (Å²) >= 11 is 1.62. The molecule has 144 valence electrons. The first kappa shape index (κ1) is 19.0. The van der Waals surface area contributed by atoms with Crippen LogP contribution >= 0.6 is 11.8 Å². The van der Waals surface area contributed by atoms with Crippen molar-refractivity contribution in [2.45, 2.75) is 23.3 Å². The molecule has 1 amide bonds. The maximum absolute atomic E-state index is 12.8. The van der Waals surface area contributed by atoms with E-state index in [2.05, 4.69) is 15.4 Å². The van der Waals surface area contributed by atoms with Gasteiger partial charge >= 0.3 is 0 Å². The number of aromatic nitrogens is 3. The van der Waals surface area contributed by atoms with Crippen molar-refractivity contribution >= 4 is 23.4 Å². The summed E-state index contributed by atoms with van der Waals surface area (Å²) in [7, 11) is 0. The Kier molecular flexibility index (Phi) is 5.72. The molecule has 0 aliphatic carbocycles. The second-order valence-electron chi connectivity index (χ2n) is 6.47. The summed E-state index contributed by atoms with van der Waals surface area (Å²) in [6.07, 6.45) is 0. The Hall–Kier alpha value is -3.38. The Balaban J connectivity index is 1.52. The molecule has 1 heterocycles. The molecule has 5 nitrogen and oxygen atoms in total. The Morgan fingerprint density at radius 1 is 0.931 bits per heavy atom. The van der Waals surface area contributed by atoms with Gasteiger partial charge in [0.15, 0.2) is 5.82 Å². The SMILES string of the molecule is Cc1nc(-c2ccccc2)n(CC(=O)Nc2ccccc2Sc2ccccc2)n1. The van der Waals surface area contributed by atoms with Crippen molar-refractivity contribution in [2.24, 2.45) is 0 Å². The molecule has 0 radical (unpaired) electrons. The molecule has 0 bridgehead atoms. The maximum atomic E-state index is 12.8. The second kappa shape index (κ2) is 8.75. The lowest BCUT2D eigenvalue weighted by molar-refractivity contribution is -0.116. The van der Waals surface area contributed by atoms with Gasteiger partial charge in [-0.05, 0) is 31.2 Å². The summed E-state index contributed by atoms with van der Waals surface area (Å²) in [6.45, 7) is 1.92. The molecule has 4 aromatic rings. The van der Waals surface area contributed by atoms with E-state index in [1.807, 2.05) is 91.9 Å². The van der Waals surface area contributed by atoms with Gasteiger partial charge in [-0.2, -0.15) is 5.10 Å². The van der Waals surface area contributed by atoms with E-state index in [1.165, 1.54) is 0 Å². The van der Waals surface area contributed by atoms with Gasteiger partial charge in [0.2, 0.25) is 5.91 Å². The number of nitrogens with zero attached hydrogens (tertiary/aromatic N) is 3. The molecular weight excluding hydrogens is 380 g/mol. The highest BCUT2D eigenvalue weighted by Crippen LogP contribution is 2.33. The van der Waals surface area contributed by atoms with Gasteiger partial charge in [0, 0.05) is 15.4 Å². The first-order valence-electron chi connectivity index (χ1n) is 9.28. The Labute approximate surface area is 173 Å². The minimum absolute atomic E-state index is 0.0927. The van der Waals surface area contributed by atoms with Gasteiger partial charge in [0.1, 0.15) is 12.4 Å². The number of benzene rings is 3. The van der Waals surface area contributed by atoms with Crippen LogP contribution in [0.25, 0.3) is 11.4 Å². The lowest BCUT2D eigenvalue weighted by Gasteiger charge is -2.11. The summed E-state index contributed by atoms with van der Waals surface area (Å²) in [5.41, 5.74) is 1.71. The number of hydrogen-bond acceptors (Lipinski definition) is 4.